The van der Waals surface area contributed by atoms with Crippen molar-refractivity contribution in [1.29, 1.82) is 0 Å². The maximum Gasteiger partial charge on any atom is 0.0695 e. The van der Waals surface area contributed by atoms with Crippen LogP contribution in [0.1, 0.15) is 51.9 Å². The number of rotatable bonds is 10. The Bertz CT molecular complexity index is 256. The highest BCUT2D eigenvalue weighted by Gasteiger charge is 2.34. The number of hydrogen-bond donors (Lipinski definition) is 2. The summed E-state index contributed by atoms with van der Waals surface area (Å²) in [6.45, 7) is 2.11. The molecule has 0 aliphatic heterocycles. The van der Waals surface area contributed by atoms with E-state index in [1.54, 1.807) is 13.0 Å². The first-order valence-electron chi connectivity index (χ1n) is 7.36. The lowest BCUT2D eigenvalue weighted by Crippen LogP contribution is -1.90. The zero-order valence-electron chi connectivity index (χ0n) is 11.6. The average Bonchev–Trinajstić information content (AvgIpc) is 3.07. The molecule has 0 aromatic carbocycles. The molecule has 0 saturated heterocycles. The molecule has 2 N–H and O–H groups in total. The van der Waals surface area contributed by atoms with Gasteiger partial charge in [0.1, 0.15) is 0 Å². The second kappa shape index (κ2) is 9.35. The van der Waals surface area contributed by atoms with E-state index in [9.17, 15) is 0 Å². The lowest BCUT2D eigenvalue weighted by atomic mass is 10.1. The topological polar surface area (TPSA) is 40.5 Å². The number of allylic oxidation sites excluding steroid dienone is 3. The predicted molar refractivity (Wildman–Crippen MR) is 76.3 cm³/mol. The van der Waals surface area contributed by atoms with Gasteiger partial charge < -0.3 is 10.2 Å². The fourth-order valence-corrected chi connectivity index (χ4v) is 2.42. The Labute approximate surface area is 111 Å². The van der Waals surface area contributed by atoms with E-state index in [4.69, 9.17) is 10.2 Å². The fraction of sp³-hybridized carbons (Fsp3) is 0.750. The van der Waals surface area contributed by atoms with Gasteiger partial charge in [-0.3, -0.25) is 0 Å². The van der Waals surface area contributed by atoms with Gasteiger partial charge >= 0.3 is 0 Å². The quantitative estimate of drug-likeness (QED) is 0.462. The van der Waals surface area contributed by atoms with Crippen molar-refractivity contribution in [3.8, 4) is 0 Å². The fourth-order valence-electron chi connectivity index (χ4n) is 2.42. The van der Waals surface area contributed by atoms with E-state index in [2.05, 4.69) is 6.08 Å². The van der Waals surface area contributed by atoms with Crippen LogP contribution in [0.25, 0.3) is 0 Å². The van der Waals surface area contributed by atoms with E-state index < -0.39 is 0 Å². The summed E-state index contributed by atoms with van der Waals surface area (Å²) < 4.78 is 0. The molecule has 2 nitrogen and oxygen atoms in total. The monoisotopic (exact) mass is 252 g/mol. The van der Waals surface area contributed by atoms with Crippen LogP contribution in [0.2, 0.25) is 0 Å². The molecule has 1 saturated carbocycles. The van der Waals surface area contributed by atoms with Crippen LogP contribution in [-0.4, -0.2) is 22.9 Å². The molecule has 18 heavy (non-hydrogen) atoms. The molecule has 0 radical (unpaired) electrons. The summed E-state index contributed by atoms with van der Waals surface area (Å²) in [6.07, 6.45) is 16.3. The van der Waals surface area contributed by atoms with Gasteiger partial charge in [0.05, 0.1) is 6.10 Å². The van der Waals surface area contributed by atoms with Gasteiger partial charge in [0.25, 0.3) is 0 Å². The molecule has 1 fully saturated rings. The lowest BCUT2D eigenvalue weighted by molar-refractivity contribution is 0.244. The highest BCUT2D eigenvalue weighted by atomic mass is 16.3. The first-order chi connectivity index (χ1) is 8.74. The van der Waals surface area contributed by atoms with Crippen molar-refractivity contribution in [2.75, 3.05) is 6.61 Å². The molecule has 1 unspecified atom stereocenters. The summed E-state index contributed by atoms with van der Waals surface area (Å²) in [5, 5.41) is 17.7. The van der Waals surface area contributed by atoms with E-state index in [0.29, 0.717) is 6.61 Å². The van der Waals surface area contributed by atoms with Gasteiger partial charge in [-0.2, -0.15) is 0 Å². The van der Waals surface area contributed by atoms with Crippen LogP contribution in [0.5, 0.6) is 0 Å². The van der Waals surface area contributed by atoms with Crippen LogP contribution >= 0.6 is 0 Å². The molecule has 3 atom stereocenters. The molecule has 0 bridgehead atoms. The van der Waals surface area contributed by atoms with E-state index in [0.717, 1.165) is 24.7 Å². The molecule has 1 aliphatic carbocycles. The Balaban J connectivity index is 1.93. The van der Waals surface area contributed by atoms with Crippen LogP contribution in [0.15, 0.2) is 24.3 Å². The zero-order valence-corrected chi connectivity index (χ0v) is 11.6. The van der Waals surface area contributed by atoms with E-state index in [1.165, 1.54) is 32.1 Å². The maximum atomic E-state index is 9.03. The molecule has 2 heteroatoms. The van der Waals surface area contributed by atoms with Crippen LogP contribution in [0, 0.1) is 11.8 Å². The summed E-state index contributed by atoms with van der Waals surface area (Å²) in [6, 6.07) is 0. The van der Waals surface area contributed by atoms with Gasteiger partial charge in [0.2, 0.25) is 0 Å². The number of aliphatic hydroxyl groups is 2. The van der Waals surface area contributed by atoms with Crippen molar-refractivity contribution in [1.82, 2.24) is 0 Å². The average molecular weight is 252 g/mol. The van der Waals surface area contributed by atoms with Crippen molar-refractivity contribution in [2.45, 2.75) is 58.0 Å². The highest BCUT2D eigenvalue weighted by molar-refractivity contribution is 5.04. The molecule has 0 aromatic heterocycles. The minimum Gasteiger partial charge on any atom is -0.396 e. The third-order valence-corrected chi connectivity index (χ3v) is 3.64. The maximum absolute atomic E-state index is 9.03. The van der Waals surface area contributed by atoms with Crippen LogP contribution in [-0.2, 0) is 0 Å². The first kappa shape index (κ1) is 15.5. The van der Waals surface area contributed by atoms with E-state index >= 15 is 0 Å². The lowest BCUT2D eigenvalue weighted by Gasteiger charge is -1.99. The predicted octanol–water partition coefficient (Wildman–Crippen LogP) is 3.45. The molecular weight excluding hydrogens is 224 g/mol. The van der Waals surface area contributed by atoms with Crippen molar-refractivity contribution >= 4 is 0 Å². The third kappa shape index (κ3) is 7.67. The first-order valence-corrected chi connectivity index (χ1v) is 7.36. The van der Waals surface area contributed by atoms with Gasteiger partial charge in [0.15, 0.2) is 0 Å². The van der Waals surface area contributed by atoms with Crippen molar-refractivity contribution < 1.29 is 10.2 Å². The third-order valence-electron chi connectivity index (χ3n) is 3.64. The molecule has 104 valence electrons. The summed E-state index contributed by atoms with van der Waals surface area (Å²) >= 11 is 0. The van der Waals surface area contributed by atoms with Gasteiger partial charge in [-0.25, -0.2) is 0 Å². The van der Waals surface area contributed by atoms with E-state index in [-0.39, 0.29) is 6.10 Å². The molecule has 0 aromatic rings. The Morgan fingerprint density at radius 1 is 1.11 bits per heavy atom. The Morgan fingerprint density at radius 3 is 2.61 bits per heavy atom. The summed E-state index contributed by atoms with van der Waals surface area (Å²) in [4.78, 5) is 0. The Morgan fingerprint density at radius 2 is 1.89 bits per heavy atom. The SMILES string of the molecule is CC(O)/C=C/C=C\CC[C@@H]1C[C@H]1CCCCCO. The van der Waals surface area contributed by atoms with Gasteiger partial charge in [-0.1, -0.05) is 43.6 Å². The molecular formula is C16H28O2. The van der Waals surface area contributed by atoms with Crippen LogP contribution < -0.4 is 0 Å². The zero-order chi connectivity index (χ0) is 13.2. The van der Waals surface area contributed by atoms with Crippen LogP contribution in [0.3, 0.4) is 0 Å². The highest BCUT2D eigenvalue weighted by Crippen LogP contribution is 2.45. The summed E-state index contributed by atoms with van der Waals surface area (Å²) in [7, 11) is 0. The van der Waals surface area contributed by atoms with Gasteiger partial charge in [-0.15, -0.1) is 0 Å². The van der Waals surface area contributed by atoms with Crippen LogP contribution in [0.4, 0.5) is 0 Å². The van der Waals surface area contributed by atoms with Gasteiger partial charge in [-0.05, 0) is 44.4 Å². The molecule has 0 amide bonds. The molecule has 0 heterocycles. The molecule has 0 spiro atoms. The van der Waals surface area contributed by atoms with Crippen molar-refractivity contribution in [2.24, 2.45) is 11.8 Å². The molecule has 1 rings (SSSR count). The Kier molecular flexibility index (Phi) is 8.03. The summed E-state index contributed by atoms with van der Waals surface area (Å²) in [5.74, 6) is 1.91. The second-order valence-corrected chi connectivity index (χ2v) is 5.46. The van der Waals surface area contributed by atoms with Gasteiger partial charge in [0, 0.05) is 6.61 Å². The number of aliphatic hydroxyl groups excluding tert-OH is 2. The Hall–Kier alpha value is -0.600. The van der Waals surface area contributed by atoms with E-state index in [1.807, 2.05) is 12.2 Å². The number of hydrogen-bond acceptors (Lipinski definition) is 2. The number of unbranched alkanes of at least 4 members (excludes halogenated alkanes) is 2. The van der Waals surface area contributed by atoms with Crippen molar-refractivity contribution in [3.05, 3.63) is 24.3 Å². The molecule has 1 aliphatic rings. The minimum atomic E-state index is -0.346. The summed E-state index contributed by atoms with van der Waals surface area (Å²) in [5.41, 5.74) is 0. The normalized spacial score (nSPS) is 25.1. The largest absolute Gasteiger partial charge is 0.396 e. The second-order valence-electron chi connectivity index (χ2n) is 5.46. The smallest absolute Gasteiger partial charge is 0.0695 e. The standard InChI is InChI=1S/C16H28O2/c1-14(18)9-5-2-3-6-10-15-13-16(15)11-7-4-8-12-17/h2-3,5,9,14-18H,4,6-8,10-13H2,1H3/b3-2-,9-5+/t14?,15-,16-/m1/s1. The van der Waals surface area contributed by atoms with Crippen molar-refractivity contribution in [3.63, 3.8) is 0 Å². The minimum absolute atomic E-state index is 0.346.